The van der Waals surface area contributed by atoms with Crippen LogP contribution in [-0.2, 0) is 16.6 Å². The fraction of sp³-hybridized carbons (Fsp3) is 0.459. The predicted molar refractivity (Wildman–Crippen MR) is 188 cm³/mol. The van der Waals surface area contributed by atoms with E-state index >= 15 is 0 Å². The molecule has 2 aromatic carbocycles. The van der Waals surface area contributed by atoms with Crippen molar-refractivity contribution in [3.63, 3.8) is 0 Å². The normalized spacial score (nSPS) is 17.2. The quantitative estimate of drug-likeness (QED) is 0.0699. The van der Waals surface area contributed by atoms with Crippen LogP contribution in [0.1, 0.15) is 78.4 Å². The van der Waals surface area contributed by atoms with E-state index in [4.69, 9.17) is 16.5 Å². The average Bonchev–Trinajstić information content (AvgIpc) is 3.84. The van der Waals surface area contributed by atoms with E-state index in [1.165, 1.54) is 32.6 Å². The van der Waals surface area contributed by atoms with E-state index in [2.05, 4.69) is 89.7 Å². The highest BCUT2D eigenvalue weighted by atomic mass is 32.1. The number of aromatic amines is 1. The molecule has 0 spiro atoms. The molecule has 1 atom stereocenters. The van der Waals surface area contributed by atoms with E-state index in [1.54, 1.807) is 11.3 Å². The number of benzene rings is 2. The Kier molecular flexibility index (Phi) is 9.19. The van der Waals surface area contributed by atoms with Crippen LogP contribution in [0.3, 0.4) is 0 Å². The first-order valence-electron chi connectivity index (χ1n) is 16.5. The number of guanidine groups is 1. The number of H-pyrrole nitrogens is 1. The number of amides is 1. The second-order valence-electron chi connectivity index (χ2n) is 13.5. The van der Waals surface area contributed by atoms with Gasteiger partial charge in [0.05, 0.1) is 10.4 Å². The molecule has 0 bridgehead atoms. The first-order chi connectivity index (χ1) is 22.1. The number of aryl methyl sites for hydroxylation is 4. The highest BCUT2D eigenvalue weighted by molar-refractivity contribution is 7.09. The highest BCUT2D eigenvalue weighted by Crippen LogP contribution is 2.36. The number of fused-ring (bicyclic) bond motifs is 1. The number of hydrogen-bond acceptors (Lipinski definition) is 4. The van der Waals surface area contributed by atoms with Crippen LogP contribution >= 0.6 is 11.3 Å². The number of aliphatic imine (C=N–C) groups is 1. The molecule has 0 radical (unpaired) electrons. The second kappa shape index (κ2) is 13.3. The first kappa shape index (κ1) is 31.8. The minimum atomic E-state index is -0.608. The molecule has 1 unspecified atom stereocenters. The maximum Gasteiger partial charge on any atom is 0.264 e. The highest BCUT2D eigenvalue weighted by Gasteiger charge is 2.35. The molecule has 0 saturated carbocycles. The van der Waals surface area contributed by atoms with Gasteiger partial charge in [0.15, 0.2) is 0 Å². The van der Waals surface area contributed by atoms with Crippen LogP contribution in [0.2, 0.25) is 0 Å². The lowest BCUT2D eigenvalue weighted by Crippen LogP contribution is -2.41. The summed E-state index contributed by atoms with van der Waals surface area (Å²) in [4.78, 5) is 34.6. The molecule has 2 N–H and O–H groups in total. The Balaban J connectivity index is 1.27. The number of carbonyl (C=O) groups is 1. The Morgan fingerprint density at radius 1 is 1.11 bits per heavy atom. The molecule has 4 aromatic rings. The summed E-state index contributed by atoms with van der Waals surface area (Å²) in [6.45, 7) is 21.9. The second-order valence-corrected chi connectivity index (χ2v) is 14.4. The Morgan fingerprint density at radius 2 is 1.87 bits per heavy atom. The standard InChI is InChI=1S/C37H45N7OS/c1-24-18-25(2)20-28(19-24)33-30(31-21-29(11-12-32(31)41-33)37(4,5)35(45)43-15-7-8-16-43)10-9-14-39-36(42-38-6)44-17-13-27(22-44)34-40-26(3)23-46-34/h11-12,18-21,23,27,41H,7-10,13-17,22H2,1-5H3,(H,39,42). The maximum absolute atomic E-state index is 13.6. The molecule has 2 aliphatic heterocycles. The summed E-state index contributed by atoms with van der Waals surface area (Å²) < 4.78 is 0. The summed E-state index contributed by atoms with van der Waals surface area (Å²) in [7, 11) is 0. The summed E-state index contributed by atoms with van der Waals surface area (Å²) in [6.07, 6.45) is 4.83. The van der Waals surface area contributed by atoms with Gasteiger partial charge in [-0.15, -0.1) is 11.3 Å². The maximum atomic E-state index is 13.6. The number of likely N-dealkylation sites (tertiary alicyclic amines) is 2. The third kappa shape index (κ3) is 6.54. The van der Waals surface area contributed by atoms with Gasteiger partial charge in [-0.25, -0.2) is 9.98 Å². The lowest BCUT2D eigenvalue weighted by Gasteiger charge is -2.29. The molecule has 2 saturated heterocycles. The van der Waals surface area contributed by atoms with Crippen molar-refractivity contribution in [2.24, 2.45) is 4.99 Å². The average molecular weight is 636 g/mol. The van der Waals surface area contributed by atoms with Gasteiger partial charge in [0.1, 0.15) is 0 Å². The zero-order valence-electron chi connectivity index (χ0n) is 27.7. The molecule has 240 valence electrons. The van der Waals surface area contributed by atoms with Crippen molar-refractivity contribution in [3.05, 3.63) is 86.3 Å². The van der Waals surface area contributed by atoms with Gasteiger partial charge < -0.3 is 14.8 Å². The molecule has 2 fully saturated rings. The third-order valence-corrected chi connectivity index (χ3v) is 10.7. The molecule has 2 aromatic heterocycles. The molecule has 1 amide bonds. The Bertz CT molecular complexity index is 1780. The van der Waals surface area contributed by atoms with Crippen LogP contribution in [0.25, 0.3) is 27.1 Å². The van der Waals surface area contributed by atoms with Gasteiger partial charge in [0.2, 0.25) is 5.91 Å². The number of aromatic nitrogens is 2. The van der Waals surface area contributed by atoms with Gasteiger partial charge in [0.25, 0.3) is 5.96 Å². The minimum absolute atomic E-state index is 0.208. The minimum Gasteiger partial charge on any atom is -0.354 e. The van der Waals surface area contributed by atoms with Crippen LogP contribution in [-0.4, -0.2) is 64.4 Å². The number of carbonyl (C=O) groups excluding carboxylic acids is 1. The topological polar surface area (TPSA) is 81.0 Å². The first-order valence-corrected chi connectivity index (χ1v) is 17.4. The summed E-state index contributed by atoms with van der Waals surface area (Å²) >= 11 is 1.72. The molecule has 0 aliphatic carbocycles. The number of rotatable bonds is 8. The van der Waals surface area contributed by atoms with Crippen LogP contribution in [0.5, 0.6) is 0 Å². The van der Waals surface area contributed by atoms with Gasteiger partial charge in [-0.3, -0.25) is 4.79 Å². The molecular weight excluding hydrogens is 591 g/mol. The molecule has 9 heteroatoms. The zero-order chi connectivity index (χ0) is 32.4. The van der Waals surface area contributed by atoms with Gasteiger partial charge in [-0.1, -0.05) is 28.7 Å². The van der Waals surface area contributed by atoms with Gasteiger partial charge in [-0.05, 0) is 108 Å². The Morgan fingerprint density at radius 3 is 2.57 bits per heavy atom. The van der Waals surface area contributed by atoms with Crippen LogP contribution in [0.4, 0.5) is 0 Å². The monoisotopic (exact) mass is 635 g/mol. The molecule has 2 aliphatic rings. The largest absolute Gasteiger partial charge is 0.354 e. The Hall–Kier alpha value is -4.16. The smallest absolute Gasteiger partial charge is 0.264 e. The van der Waals surface area contributed by atoms with Gasteiger partial charge in [0, 0.05) is 66.3 Å². The SMILES string of the molecule is [C-]#[N+]NC(=NCCCc1c(-c2cc(C)cc(C)c2)[nH]c2ccc(C(C)(C)C(=O)N3CCCC3)cc12)N1CCC(c2nc(C)cs2)C1. The van der Waals surface area contributed by atoms with Crippen molar-refractivity contribution in [2.45, 2.75) is 78.1 Å². The van der Waals surface area contributed by atoms with Crippen molar-refractivity contribution in [2.75, 3.05) is 32.7 Å². The van der Waals surface area contributed by atoms with E-state index < -0.39 is 5.41 Å². The molecule has 8 nitrogen and oxygen atoms in total. The van der Waals surface area contributed by atoms with Crippen LogP contribution < -0.4 is 5.43 Å². The number of thiazole rings is 1. The van der Waals surface area contributed by atoms with Gasteiger partial charge in [-0.2, -0.15) is 11.5 Å². The van der Waals surface area contributed by atoms with Crippen LogP contribution in [0.15, 0.2) is 46.8 Å². The van der Waals surface area contributed by atoms with E-state index in [-0.39, 0.29) is 5.91 Å². The van der Waals surface area contributed by atoms with Gasteiger partial charge >= 0.3 is 0 Å². The fourth-order valence-electron chi connectivity index (χ4n) is 7.11. The number of nitrogens with one attached hydrogen (secondary N) is 2. The number of nitrogens with zero attached hydrogens (tertiary/aromatic N) is 5. The molecule has 6 rings (SSSR count). The van der Waals surface area contributed by atoms with E-state index in [9.17, 15) is 4.79 Å². The summed E-state index contributed by atoms with van der Waals surface area (Å²) in [5, 5.41) is 4.44. The molecule has 46 heavy (non-hydrogen) atoms. The van der Waals surface area contributed by atoms with Crippen molar-refractivity contribution in [3.8, 4) is 11.3 Å². The lowest BCUT2D eigenvalue weighted by atomic mass is 9.82. The number of hydrogen-bond donors (Lipinski definition) is 2. The van der Waals surface area contributed by atoms with E-state index in [0.717, 1.165) is 80.8 Å². The fourth-order valence-corrected chi connectivity index (χ4v) is 8.04. The van der Waals surface area contributed by atoms with E-state index in [0.29, 0.717) is 18.4 Å². The predicted octanol–water partition coefficient (Wildman–Crippen LogP) is 7.32. The van der Waals surface area contributed by atoms with Crippen molar-refractivity contribution < 1.29 is 4.79 Å². The molecular formula is C37H45N7OS. The van der Waals surface area contributed by atoms with Crippen LogP contribution in [0, 0.1) is 27.3 Å². The Labute approximate surface area is 276 Å². The van der Waals surface area contributed by atoms with Crippen molar-refractivity contribution >= 4 is 34.1 Å². The summed E-state index contributed by atoms with van der Waals surface area (Å²) in [6, 6.07) is 13.2. The molecule has 4 heterocycles. The van der Waals surface area contributed by atoms with E-state index in [1.807, 2.05) is 11.8 Å². The zero-order valence-corrected chi connectivity index (χ0v) is 28.6. The van der Waals surface area contributed by atoms with Crippen molar-refractivity contribution in [1.29, 1.82) is 0 Å². The van der Waals surface area contributed by atoms with Crippen molar-refractivity contribution in [1.82, 2.24) is 25.2 Å². The third-order valence-electron chi connectivity index (χ3n) is 9.54. The summed E-state index contributed by atoms with van der Waals surface area (Å²) in [5.41, 5.74) is 11.4. The summed E-state index contributed by atoms with van der Waals surface area (Å²) in [5.74, 6) is 1.24. The lowest BCUT2D eigenvalue weighted by molar-refractivity contribution is -0.135.